The van der Waals surface area contributed by atoms with Crippen LogP contribution in [-0.2, 0) is 0 Å². The molecule has 3 aromatic carbocycles. The summed E-state index contributed by atoms with van der Waals surface area (Å²) in [5.74, 6) is 0. The summed E-state index contributed by atoms with van der Waals surface area (Å²) >= 11 is 6.12. The highest BCUT2D eigenvalue weighted by Crippen LogP contribution is 2.31. The molecule has 1 nitrogen and oxygen atoms in total. The molecule has 0 aliphatic heterocycles. The van der Waals surface area contributed by atoms with Gasteiger partial charge in [0.15, 0.2) is 0 Å². The first kappa shape index (κ1) is 11.6. The third-order valence-corrected chi connectivity index (χ3v) is 3.90. The summed E-state index contributed by atoms with van der Waals surface area (Å²) in [4.78, 5) is 3.43. The van der Waals surface area contributed by atoms with Gasteiger partial charge in [-0.05, 0) is 41.5 Å². The number of fused-ring (bicyclic) bond motifs is 3. The Morgan fingerprint density at radius 2 is 1.35 bits per heavy atom. The number of hydrogen-bond donors (Lipinski definition) is 1. The molecule has 0 fully saturated rings. The molecule has 0 saturated carbocycles. The average Bonchev–Trinajstić information content (AvgIpc) is 2.85. The Morgan fingerprint density at radius 1 is 0.650 bits per heavy atom. The largest absolute Gasteiger partial charge is 0.355 e. The molecule has 0 unspecified atom stereocenters. The number of halogens is 1. The second-order valence-corrected chi connectivity index (χ2v) is 5.38. The Morgan fingerprint density at radius 3 is 2.15 bits per heavy atom. The van der Waals surface area contributed by atoms with Crippen molar-refractivity contribution in [3.05, 3.63) is 71.8 Å². The van der Waals surface area contributed by atoms with Crippen molar-refractivity contribution in [2.24, 2.45) is 0 Å². The molecule has 1 N–H and O–H groups in total. The third kappa shape index (κ3) is 1.79. The molecule has 1 aromatic heterocycles. The Hall–Kier alpha value is -2.25. The van der Waals surface area contributed by atoms with Crippen LogP contribution in [0.4, 0.5) is 0 Å². The first-order chi connectivity index (χ1) is 9.81. The minimum atomic E-state index is 0.767. The van der Waals surface area contributed by atoms with Crippen molar-refractivity contribution in [3.63, 3.8) is 0 Å². The van der Waals surface area contributed by atoms with Crippen LogP contribution in [-0.4, -0.2) is 4.98 Å². The number of benzene rings is 3. The van der Waals surface area contributed by atoms with Crippen molar-refractivity contribution < 1.29 is 0 Å². The van der Waals surface area contributed by atoms with Crippen molar-refractivity contribution >= 4 is 33.4 Å². The average molecular weight is 278 g/mol. The van der Waals surface area contributed by atoms with Crippen molar-refractivity contribution in [1.29, 1.82) is 0 Å². The summed E-state index contributed by atoms with van der Waals surface area (Å²) in [6.45, 7) is 0. The molecule has 96 valence electrons. The van der Waals surface area contributed by atoms with Gasteiger partial charge in [0.25, 0.3) is 0 Å². The molecule has 0 bridgehead atoms. The lowest BCUT2D eigenvalue weighted by Gasteiger charge is -2.01. The van der Waals surface area contributed by atoms with E-state index >= 15 is 0 Å². The fourth-order valence-corrected chi connectivity index (χ4v) is 2.85. The van der Waals surface area contributed by atoms with Gasteiger partial charge in [-0.1, -0.05) is 48.0 Å². The summed E-state index contributed by atoms with van der Waals surface area (Å²) in [5.41, 5.74) is 4.71. The predicted octanol–water partition coefficient (Wildman–Crippen LogP) is 5.64. The van der Waals surface area contributed by atoms with E-state index in [-0.39, 0.29) is 0 Å². The summed E-state index contributed by atoms with van der Waals surface area (Å²) in [6.07, 6.45) is 0. The van der Waals surface area contributed by atoms with Crippen LogP contribution in [0.5, 0.6) is 0 Å². The maximum atomic E-state index is 6.12. The molecule has 0 radical (unpaired) electrons. The van der Waals surface area contributed by atoms with Gasteiger partial charge in [0, 0.05) is 26.8 Å². The van der Waals surface area contributed by atoms with Gasteiger partial charge in [0.2, 0.25) is 0 Å². The van der Waals surface area contributed by atoms with E-state index in [0.29, 0.717) is 0 Å². The molecule has 0 aliphatic carbocycles. The normalized spacial score (nSPS) is 11.2. The van der Waals surface area contributed by atoms with Gasteiger partial charge in [-0.2, -0.15) is 0 Å². The van der Waals surface area contributed by atoms with Crippen LogP contribution in [0.2, 0.25) is 5.02 Å². The van der Waals surface area contributed by atoms with E-state index in [1.807, 2.05) is 24.3 Å². The fourth-order valence-electron chi connectivity index (χ4n) is 2.68. The van der Waals surface area contributed by atoms with E-state index in [9.17, 15) is 0 Å². The standard InChI is InChI=1S/C18H12ClN/c19-14-7-9-18-16(11-14)15-10-13(6-8-17(15)20-18)12-4-2-1-3-5-12/h1-11,20H. The van der Waals surface area contributed by atoms with E-state index in [4.69, 9.17) is 11.6 Å². The molecule has 0 atom stereocenters. The zero-order chi connectivity index (χ0) is 13.5. The number of hydrogen-bond acceptors (Lipinski definition) is 0. The summed E-state index contributed by atoms with van der Waals surface area (Å²) < 4.78 is 0. The smallest absolute Gasteiger partial charge is 0.0465 e. The van der Waals surface area contributed by atoms with Crippen LogP contribution in [0.3, 0.4) is 0 Å². The molecule has 2 heteroatoms. The van der Waals surface area contributed by atoms with E-state index in [0.717, 1.165) is 16.1 Å². The second-order valence-electron chi connectivity index (χ2n) is 4.94. The number of H-pyrrole nitrogens is 1. The lowest BCUT2D eigenvalue weighted by molar-refractivity contribution is 1.54. The Balaban J connectivity index is 2.03. The first-order valence-electron chi connectivity index (χ1n) is 6.58. The van der Waals surface area contributed by atoms with Crippen LogP contribution < -0.4 is 0 Å². The molecule has 1 heterocycles. The van der Waals surface area contributed by atoms with Gasteiger partial charge in [0.05, 0.1) is 0 Å². The maximum absolute atomic E-state index is 6.12. The number of aromatic nitrogens is 1. The molecule has 20 heavy (non-hydrogen) atoms. The Labute approximate surface area is 121 Å². The van der Waals surface area contributed by atoms with Gasteiger partial charge in [0.1, 0.15) is 0 Å². The number of rotatable bonds is 1. The van der Waals surface area contributed by atoms with Crippen LogP contribution in [0, 0.1) is 0 Å². The fraction of sp³-hybridized carbons (Fsp3) is 0. The Kier molecular flexibility index (Phi) is 2.54. The highest BCUT2D eigenvalue weighted by Gasteiger charge is 2.06. The number of aromatic amines is 1. The van der Waals surface area contributed by atoms with Gasteiger partial charge < -0.3 is 4.98 Å². The van der Waals surface area contributed by atoms with Crippen LogP contribution in [0.1, 0.15) is 0 Å². The highest BCUT2D eigenvalue weighted by molar-refractivity contribution is 6.31. The van der Waals surface area contributed by atoms with Crippen LogP contribution in [0.25, 0.3) is 32.9 Å². The zero-order valence-electron chi connectivity index (χ0n) is 10.7. The topological polar surface area (TPSA) is 15.8 Å². The van der Waals surface area contributed by atoms with E-state index in [2.05, 4.69) is 47.4 Å². The monoisotopic (exact) mass is 277 g/mol. The van der Waals surface area contributed by atoms with E-state index < -0.39 is 0 Å². The van der Waals surface area contributed by atoms with Crippen LogP contribution in [0.15, 0.2) is 66.7 Å². The zero-order valence-corrected chi connectivity index (χ0v) is 11.5. The number of nitrogens with one attached hydrogen (secondary N) is 1. The maximum Gasteiger partial charge on any atom is 0.0465 e. The minimum Gasteiger partial charge on any atom is -0.355 e. The minimum absolute atomic E-state index is 0.767. The van der Waals surface area contributed by atoms with Crippen molar-refractivity contribution in [2.45, 2.75) is 0 Å². The molecule has 0 spiro atoms. The molecular weight excluding hydrogens is 266 g/mol. The molecule has 0 aliphatic rings. The summed E-state index contributed by atoms with van der Waals surface area (Å²) in [7, 11) is 0. The summed E-state index contributed by atoms with van der Waals surface area (Å²) in [5, 5.41) is 3.15. The van der Waals surface area contributed by atoms with Crippen molar-refractivity contribution in [1.82, 2.24) is 4.98 Å². The lowest BCUT2D eigenvalue weighted by Crippen LogP contribution is -1.76. The third-order valence-electron chi connectivity index (χ3n) is 3.67. The molecule has 4 rings (SSSR count). The quantitative estimate of drug-likeness (QED) is 0.463. The van der Waals surface area contributed by atoms with E-state index in [1.165, 1.54) is 21.9 Å². The Bertz CT molecular complexity index is 907. The lowest BCUT2D eigenvalue weighted by atomic mass is 10.0. The van der Waals surface area contributed by atoms with Gasteiger partial charge >= 0.3 is 0 Å². The predicted molar refractivity (Wildman–Crippen MR) is 86.3 cm³/mol. The van der Waals surface area contributed by atoms with E-state index in [1.54, 1.807) is 0 Å². The van der Waals surface area contributed by atoms with Gasteiger partial charge in [-0.15, -0.1) is 0 Å². The molecular formula is C18H12ClN. The van der Waals surface area contributed by atoms with Crippen LogP contribution >= 0.6 is 11.6 Å². The van der Waals surface area contributed by atoms with Crippen molar-refractivity contribution in [3.8, 4) is 11.1 Å². The first-order valence-corrected chi connectivity index (χ1v) is 6.95. The van der Waals surface area contributed by atoms with Gasteiger partial charge in [-0.25, -0.2) is 0 Å². The molecule has 0 amide bonds. The van der Waals surface area contributed by atoms with Gasteiger partial charge in [-0.3, -0.25) is 0 Å². The molecule has 4 aromatic rings. The SMILES string of the molecule is Clc1ccc2[nH]c3ccc(-c4ccccc4)cc3c2c1. The van der Waals surface area contributed by atoms with Crippen molar-refractivity contribution in [2.75, 3.05) is 0 Å². The summed E-state index contributed by atoms with van der Waals surface area (Å²) in [6, 6.07) is 22.9. The second kappa shape index (κ2) is 4.39. The highest BCUT2D eigenvalue weighted by atomic mass is 35.5. The molecule has 0 saturated heterocycles.